The van der Waals surface area contributed by atoms with Gasteiger partial charge in [0.25, 0.3) is 0 Å². The number of rotatable bonds is 3. The van der Waals surface area contributed by atoms with E-state index in [0.29, 0.717) is 18.3 Å². The second-order valence-corrected chi connectivity index (χ2v) is 9.38. The fraction of sp³-hybridized carbons (Fsp3) is 0.667. The summed E-state index contributed by atoms with van der Waals surface area (Å²) in [7, 11) is 0. The molecule has 142 valence electrons. The fourth-order valence-electron chi connectivity index (χ4n) is 4.89. The Labute approximate surface area is 160 Å². The number of likely N-dealkylation sites (tertiary alicyclic amines) is 1. The molecule has 1 saturated heterocycles. The summed E-state index contributed by atoms with van der Waals surface area (Å²) in [6, 6.07) is 5.81. The van der Waals surface area contributed by atoms with Crippen molar-refractivity contribution in [1.82, 2.24) is 4.90 Å². The van der Waals surface area contributed by atoms with Crippen molar-refractivity contribution >= 4 is 17.5 Å². The summed E-state index contributed by atoms with van der Waals surface area (Å²) >= 11 is 6.18. The van der Waals surface area contributed by atoms with Gasteiger partial charge < -0.3 is 14.7 Å². The molecule has 1 aromatic rings. The molecule has 0 bridgehead atoms. The summed E-state index contributed by atoms with van der Waals surface area (Å²) in [5.74, 6) is 1.17. The molecule has 3 fully saturated rings. The number of nitrogens with zero attached hydrogens (tertiary/aromatic N) is 1. The quantitative estimate of drug-likeness (QED) is 0.867. The Hall–Kier alpha value is -1.26. The van der Waals surface area contributed by atoms with E-state index < -0.39 is 5.60 Å². The molecule has 4 rings (SSSR count). The number of hydrogen-bond acceptors (Lipinski definition) is 3. The zero-order chi connectivity index (χ0) is 18.5. The zero-order valence-electron chi connectivity index (χ0n) is 15.6. The number of hydrogen-bond donors (Lipinski definition) is 1. The van der Waals surface area contributed by atoms with E-state index in [-0.39, 0.29) is 17.9 Å². The van der Waals surface area contributed by atoms with Crippen LogP contribution in [0.25, 0.3) is 0 Å². The van der Waals surface area contributed by atoms with Gasteiger partial charge in [0.2, 0.25) is 5.91 Å². The third kappa shape index (κ3) is 3.34. The first-order valence-corrected chi connectivity index (χ1v) is 10.1. The van der Waals surface area contributed by atoms with E-state index in [9.17, 15) is 9.90 Å². The molecule has 4 nitrogen and oxygen atoms in total. The summed E-state index contributed by atoms with van der Waals surface area (Å²) < 4.78 is 6.20. The number of ether oxygens (including phenoxy) is 1. The number of benzene rings is 1. The van der Waals surface area contributed by atoms with Crippen LogP contribution in [-0.4, -0.2) is 40.7 Å². The molecule has 1 aromatic carbocycles. The average molecular weight is 378 g/mol. The Kier molecular flexibility index (Phi) is 4.47. The predicted molar refractivity (Wildman–Crippen MR) is 101 cm³/mol. The molecular weight excluding hydrogens is 350 g/mol. The average Bonchev–Trinajstić information content (AvgIpc) is 2.55. The van der Waals surface area contributed by atoms with E-state index in [1.807, 2.05) is 36.9 Å². The van der Waals surface area contributed by atoms with E-state index >= 15 is 0 Å². The number of carbonyl (C=O) groups excluding carboxylic acids is 1. The molecule has 1 spiro atoms. The summed E-state index contributed by atoms with van der Waals surface area (Å²) in [5.41, 5.74) is 0.674. The van der Waals surface area contributed by atoms with Crippen LogP contribution < -0.4 is 4.74 Å². The highest BCUT2D eigenvalue weighted by atomic mass is 35.5. The molecule has 1 amide bonds. The first kappa shape index (κ1) is 18.1. The minimum Gasteiger partial charge on any atom is -0.490 e. The third-order valence-electron chi connectivity index (χ3n) is 6.59. The lowest BCUT2D eigenvalue weighted by atomic mass is 9.66. The van der Waals surface area contributed by atoms with Crippen LogP contribution in [0.2, 0.25) is 5.02 Å². The molecule has 5 heteroatoms. The van der Waals surface area contributed by atoms with E-state index in [4.69, 9.17) is 16.3 Å². The van der Waals surface area contributed by atoms with Gasteiger partial charge in [0.1, 0.15) is 5.75 Å². The molecule has 2 saturated carbocycles. The van der Waals surface area contributed by atoms with Gasteiger partial charge in [0, 0.05) is 35.0 Å². The number of carbonyl (C=O) groups is 1. The Morgan fingerprint density at radius 3 is 2.54 bits per heavy atom. The van der Waals surface area contributed by atoms with Crippen LogP contribution in [0.4, 0.5) is 0 Å². The molecule has 26 heavy (non-hydrogen) atoms. The number of aliphatic hydroxyl groups is 1. The van der Waals surface area contributed by atoms with E-state index in [1.54, 1.807) is 0 Å². The Balaban J connectivity index is 1.26. The Morgan fingerprint density at radius 2 is 1.92 bits per heavy atom. The van der Waals surface area contributed by atoms with Gasteiger partial charge in [-0.3, -0.25) is 4.79 Å². The summed E-state index contributed by atoms with van der Waals surface area (Å²) in [6.07, 6.45) is 5.77. The molecule has 0 radical (unpaired) electrons. The van der Waals surface area contributed by atoms with Crippen molar-refractivity contribution in [3.05, 3.63) is 28.8 Å². The lowest BCUT2D eigenvalue weighted by Gasteiger charge is -2.55. The smallest absolute Gasteiger partial charge is 0.225 e. The minimum atomic E-state index is -0.628. The minimum absolute atomic E-state index is 0.0350. The van der Waals surface area contributed by atoms with Crippen LogP contribution >= 0.6 is 11.6 Å². The molecule has 2 aliphatic carbocycles. The maximum absolute atomic E-state index is 12.5. The molecule has 3 aliphatic rings. The molecule has 0 atom stereocenters. The van der Waals surface area contributed by atoms with Gasteiger partial charge >= 0.3 is 0 Å². The molecule has 1 heterocycles. The van der Waals surface area contributed by atoms with Gasteiger partial charge in [0.05, 0.1) is 11.7 Å². The van der Waals surface area contributed by atoms with Crippen LogP contribution in [0, 0.1) is 18.3 Å². The van der Waals surface area contributed by atoms with Crippen molar-refractivity contribution in [3.63, 3.8) is 0 Å². The van der Waals surface area contributed by atoms with Crippen molar-refractivity contribution in [1.29, 1.82) is 0 Å². The lowest BCUT2D eigenvalue weighted by Crippen LogP contribution is -2.63. The van der Waals surface area contributed by atoms with Gasteiger partial charge in [-0.25, -0.2) is 0 Å². The summed E-state index contributed by atoms with van der Waals surface area (Å²) in [6.45, 7) is 5.58. The molecule has 1 aliphatic heterocycles. The maximum atomic E-state index is 12.5. The standard InChI is InChI=1S/C21H28ClNO3/c1-14-17(22)4-3-5-18(14)26-16-6-8-21(9-7-16)12-23(13-21)19(24)15-10-20(2,25)11-15/h3-5,15-16,25H,6-13H2,1-2H3/t15-,20+. The maximum Gasteiger partial charge on any atom is 0.225 e. The van der Waals surface area contributed by atoms with Crippen molar-refractivity contribution in [2.24, 2.45) is 11.3 Å². The van der Waals surface area contributed by atoms with Gasteiger partial charge in [-0.1, -0.05) is 17.7 Å². The highest BCUT2D eigenvalue weighted by Crippen LogP contribution is 2.47. The van der Waals surface area contributed by atoms with Crippen LogP contribution in [0.1, 0.15) is 51.0 Å². The Morgan fingerprint density at radius 1 is 1.27 bits per heavy atom. The monoisotopic (exact) mass is 377 g/mol. The van der Waals surface area contributed by atoms with Crippen LogP contribution in [0.3, 0.4) is 0 Å². The summed E-state index contributed by atoms with van der Waals surface area (Å²) in [5, 5.41) is 10.6. The van der Waals surface area contributed by atoms with E-state index in [2.05, 4.69) is 0 Å². The van der Waals surface area contributed by atoms with Crippen LogP contribution in [-0.2, 0) is 4.79 Å². The zero-order valence-corrected chi connectivity index (χ0v) is 16.4. The van der Waals surface area contributed by atoms with Crippen molar-refractivity contribution in [3.8, 4) is 5.75 Å². The number of halogens is 1. The molecule has 0 unspecified atom stereocenters. The van der Waals surface area contributed by atoms with Gasteiger partial charge in [-0.05, 0) is 64.5 Å². The van der Waals surface area contributed by atoms with E-state index in [1.165, 1.54) is 0 Å². The van der Waals surface area contributed by atoms with Crippen molar-refractivity contribution < 1.29 is 14.6 Å². The SMILES string of the molecule is Cc1c(Cl)cccc1OC1CCC2(CC1)CN(C(=O)[C@H]1C[C@@](C)(O)C1)C2. The predicted octanol–water partition coefficient (Wildman–Crippen LogP) is 3.96. The van der Waals surface area contributed by atoms with Crippen LogP contribution in [0.5, 0.6) is 5.75 Å². The van der Waals surface area contributed by atoms with Gasteiger partial charge in [-0.2, -0.15) is 0 Å². The van der Waals surface area contributed by atoms with Crippen LogP contribution in [0.15, 0.2) is 18.2 Å². The third-order valence-corrected chi connectivity index (χ3v) is 7.00. The van der Waals surface area contributed by atoms with Crippen molar-refractivity contribution in [2.45, 2.75) is 64.1 Å². The topological polar surface area (TPSA) is 49.8 Å². The second kappa shape index (κ2) is 6.42. The highest BCUT2D eigenvalue weighted by molar-refractivity contribution is 6.31. The highest BCUT2D eigenvalue weighted by Gasteiger charge is 2.51. The lowest BCUT2D eigenvalue weighted by molar-refractivity contribution is -0.164. The molecule has 0 aromatic heterocycles. The Bertz CT molecular complexity index is 693. The number of amides is 1. The summed E-state index contributed by atoms with van der Waals surface area (Å²) in [4.78, 5) is 14.5. The second-order valence-electron chi connectivity index (χ2n) is 8.98. The molecular formula is C21H28ClNO3. The first-order valence-electron chi connectivity index (χ1n) is 9.70. The normalized spacial score (nSPS) is 30.6. The van der Waals surface area contributed by atoms with Gasteiger partial charge in [0.15, 0.2) is 0 Å². The van der Waals surface area contributed by atoms with E-state index in [0.717, 1.165) is 55.1 Å². The largest absolute Gasteiger partial charge is 0.490 e. The van der Waals surface area contributed by atoms with Crippen molar-refractivity contribution in [2.75, 3.05) is 13.1 Å². The fourth-order valence-corrected chi connectivity index (χ4v) is 5.05. The van der Waals surface area contributed by atoms with Gasteiger partial charge in [-0.15, -0.1) is 0 Å². The molecule has 1 N–H and O–H groups in total. The first-order chi connectivity index (χ1) is 12.3.